The van der Waals surface area contributed by atoms with Crippen LogP contribution in [0.5, 0.6) is 0 Å². The van der Waals surface area contributed by atoms with E-state index in [-0.39, 0.29) is 5.63 Å². The predicted molar refractivity (Wildman–Crippen MR) is 80.9 cm³/mol. The zero-order valence-corrected chi connectivity index (χ0v) is 11.0. The maximum atomic E-state index is 11.4. The van der Waals surface area contributed by atoms with Crippen LogP contribution in [-0.4, -0.2) is 6.21 Å². The number of aliphatic imine (C=N–C) groups is 1. The van der Waals surface area contributed by atoms with E-state index in [4.69, 9.17) is 4.42 Å². The molecule has 98 valence electrons. The molecule has 0 bridgehead atoms. The van der Waals surface area contributed by atoms with Gasteiger partial charge < -0.3 is 4.42 Å². The lowest BCUT2D eigenvalue weighted by molar-refractivity contribution is 0.560. The molecule has 3 nitrogen and oxygen atoms in total. The van der Waals surface area contributed by atoms with E-state index in [0.717, 1.165) is 22.2 Å². The third kappa shape index (κ3) is 2.52. The van der Waals surface area contributed by atoms with E-state index < -0.39 is 0 Å². The van der Waals surface area contributed by atoms with Gasteiger partial charge in [-0.2, -0.15) is 0 Å². The van der Waals surface area contributed by atoms with Gasteiger partial charge in [-0.1, -0.05) is 30.3 Å². The molecular weight excluding hydrogens is 250 g/mol. The Morgan fingerprint density at radius 3 is 2.65 bits per heavy atom. The zero-order valence-electron chi connectivity index (χ0n) is 11.0. The number of aryl methyl sites for hydroxylation is 1. The minimum absolute atomic E-state index is 0.327. The third-order valence-electron chi connectivity index (χ3n) is 3.09. The lowest BCUT2D eigenvalue weighted by Gasteiger charge is -2.01. The molecule has 0 N–H and O–H groups in total. The van der Waals surface area contributed by atoms with Gasteiger partial charge in [0.05, 0.1) is 5.69 Å². The van der Waals surface area contributed by atoms with Gasteiger partial charge >= 0.3 is 5.63 Å². The van der Waals surface area contributed by atoms with E-state index in [1.54, 1.807) is 6.21 Å². The SMILES string of the molecule is Cc1cc(=O)oc2cc(C=Nc3ccccc3)ccc12. The number of benzene rings is 2. The predicted octanol–water partition coefficient (Wildman–Crippen LogP) is 3.85. The minimum atomic E-state index is -0.327. The zero-order chi connectivity index (χ0) is 13.9. The van der Waals surface area contributed by atoms with Crippen LogP contribution in [0.3, 0.4) is 0 Å². The highest BCUT2D eigenvalue weighted by Crippen LogP contribution is 2.18. The summed E-state index contributed by atoms with van der Waals surface area (Å²) in [6.07, 6.45) is 1.76. The van der Waals surface area contributed by atoms with E-state index in [9.17, 15) is 4.79 Å². The van der Waals surface area contributed by atoms with Gasteiger partial charge in [-0.15, -0.1) is 0 Å². The molecule has 0 aliphatic rings. The van der Waals surface area contributed by atoms with Crippen molar-refractivity contribution in [3.63, 3.8) is 0 Å². The number of nitrogens with zero attached hydrogens (tertiary/aromatic N) is 1. The monoisotopic (exact) mass is 263 g/mol. The molecule has 0 fully saturated rings. The molecule has 2 aromatic carbocycles. The molecule has 1 aromatic heterocycles. The molecule has 0 unspecified atom stereocenters. The molecular formula is C17H13NO2. The quantitative estimate of drug-likeness (QED) is 0.520. The molecule has 0 saturated carbocycles. The molecule has 0 radical (unpaired) electrons. The fraction of sp³-hybridized carbons (Fsp3) is 0.0588. The van der Waals surface area contributed by atoms with Crippen molar-refractivity contribution in [1.82, 2.24) is 0 Å². The smallest absolute Gasteiger partial charge is 0.336 e. The van der Waals surface area contributed by atoms with Crippen molar-refractivity contribution >= 4 is 22.9 Å². The highest BCUT2D eigenvalue weighted by atomic mass is 16.4. The average Bonchev–Trinajstić information content (AvgIpc) is 2.45. The Morgan fingerprint density at radius 2 is 1.85 bits per heavy atom. The van der Waals surface area contributed by atoms with Gasteiger partial charge in [0.25, 0.3) is 0 Å². The lowest BCUT2D eigenvalue weighted by Crippen LogP contribution is -1.98. The summed E-state index contributed by atoms with van der Waals surface area (Å²) in [5.41, 5.74) is 2.97. The summed E-state index contributed by atoms with van der Waals surface area (Å²) >= 11 is 0. The fourth-order valence-electron chi connectivity index (χ4n) is 2.08. The summed E-state index contributed by atoms with van der Waals surface area (Å²) in [6.45, 7) is 1.90. The molecule has 20 heavy (non-hydrogen) atoms. The first-order chi connectivity index (χ1) is 9.72. The molecule has 3 heteroatoms. The van der Waals surface area contributed by atoms with Gasteiger partial charge in [-0.25, -0.2) is 4.79 Å². The van der Waals surface area contributed by atoms with Crippen LogP contribution in [-0.2, 0) is 0 Å². The van der Waals surface area contributed by atoms with Gasteiger partial charge in [0.1, 0.15) is 5.58 Å². The van der Waals surface area contributed by atoms with Crippen LogP contribution in [0.2, 0.25) is 0 Å². The van der Waals surface area contributed by atoms with E-state index in [2.05, 4.69) is 4.99 Å². The summed E-state index contributed by atoms with van der Waals surface area (Å²) in [5, 5.41) is 0.946. The number of hydrogen-bond acceptors (Lipinski definition) is 3. The molecule has 0 aliphatic carbocycles. The summed E-state index contributed by atoms with van der Waals surface area (Å²) < 4.78 is 5.22. The van der Waals surface area contributed by atoms with Crippen molar-refractivity contribution in [2.24, 2.45) is 4.99 Å². The molecule has 0 atom stereocenters. The second-order valence-corrected chi connectivity index (χ2v) is 4.60. The van der Waals surface area contributed by atoms with E-state index in [0.29, 0.717) is 5.58 Å². The number of hydrogen-bond donors (Lipinski definition) is 0. The summed E-state index contributed by atoms with van der Waals surface area (Å²) in [5.74, 6) is 0. The molecule has 0 saturated heterocycles. The van der Waals surface area contributed by atoms with Crippen LogP contribution in [0.15, 0.2) is 68.8 Å². The van der Waals surface area contributed by atoms with E-state index in [1.807, 2.05) is 55.5 Å². The van der Waals surface area contributed by atoms with Gasteiger partial charge in [0, 0.05) is 17.7 Å². The van der Waals surface area contributed by atoms with Crippen LogP contribution in [0, 0.1) is 6.92 Å². The Balaban J connectivity index is 2.01. The Kier molecular flexibility index (Phi) is 3.17. The summed E-state index contributed by atoms with van der Waals surface area (Å²) in [4.78, 5) is 15.8. The average molecular weight is 263 g/mol. The van der Waals surface area contributed by atoms with Gasteiger partial charge in [0.15, 0.2) is 0 Å². The Hall–Kier alpha value is -2.68. The van der Waals surface area contributed by atoms with Crippen molar-refractivity contribution in [3.05, 3.63) is 76.1 Å². The van der Waals surface area contributed by atoms with E-state index >= 15 is 0 Å². The first-order valence-corrected chi connectivity index (χ1v) is 6.36. The molecule has 0 amide bonds. The first kappa shape index (κ1) is 12.4. The Labute approximate surface area is 116 Å². The maximum absolute atomic E-state index is 11.4. The Morgan fingerprint density at radius 1 is 1.05 bits per heavy atom. The van der Waals surface area contributed by atoms with Gasteiger partial charge in [0.2, 0.25) is 0 Å². The molecule has 1 heterocycles. The van der Waals surface area contributed by atoms with Crippen LogP contribution in [0.25, 0.3) is 11.0 Å². The Bertz CT molecular complexity index is 832. The minimum Gasteiger partial charge on any atom is -0.423 e. The normalized spacial score (nSPS) is 11.2. The van der Waals surface area contributed by atoms with Gasteiger partial charge in [-0.3, -0.25) is 4.99 Å². The molecule has 0 spiro atoms. The van der Waals surface area contributed by atoms with Crippen molar-refractivity contribution in [2.75, 3.05) is 0 Å². The fourth-order valence-corrected chi connectivity index (χ4v) is 2.08. The molecule has 3 rings (SSSR count). The highest BCUT2D eigenvalue weighted by molar-refractivity contribution is 5.89. The third-order valence-corrected chi connectivity index (χ3v) is 3.09. The lowest BCUT2D eigenvalue weighted by atomic mass is 10.1. The van der Waals surface area contributed by atoms with Crippen LogP contribution >= 0.6 is 0 Å². The summed E-state index contributed by atoms with van der Waals surface area (Å²) in [6, 6.07) is 16.9. The van der Waals surface area contributed by atoms with Gasteiger partial charge in [-0.05, 0) is 36.2 Å². The maximum Gasteiger partial charge on any atom is 0.336 e. The van der Waals surface area contributed by atoms with Crippen molar-refractivity contribution in [1.29, 1.82) is 0 Å². The standard InChI is InChI=1S/C17H13NO2/c1-12-9-17(19)20-16-10-13(7-8-15(12)16)11-18-14-5-3-2-4-6-14/h2-11H,1H3. The van der Waals surface area contributed by atoms with Crippen LogP contribution in [0.4, 0.5) is 5.69 Å². The first-order valence-electron chi connectivity index (χ1n) is 6.36. The van der Waals surface area contributed by atoms with Crippen LogP contribution < -0.4 is 5.63 Å². The second-order valence-electron chi connectivity index (χ2n) is 4.60. The van der Waals surface area contributed by atoms with Crippen molar-refractivity contribution < 1.29 is 4.42 Å². The number of fused-ring (bicyclic) bond motifs is 1. The molecule has 0 aliphatic heterocycles. The largest absolute Gasteiger partial charge is 0.423 e. The molecule has 3 aromatic rings. The van der Waals surface area contributed by atoms with Crippen LogP contribution in [0.1, 0.15) is 11.1 Å². The summed E-state index contributed by atoms with van der Waals surface area (Å²) in [7, 11) is 0. The van der Waals surface area contributed by atoms with Crippen molar-refractivity contribution in [3.8, 4) is 0 Å². The van der Waals surface area contributed by atoms with E-state index in [1.165, 1.54) is 6.07 Å². The number of rotatable bonds is 2. The topological polar surface area (TPSA) is 42.6 Å². The second kappa shape index (κ2) is 5.13. The van der Waals surface area contributed by atoms with Crippen molar-refractivity contribution in [2.45, 2.75) is 6.92 Å². The highest BCUT2D eigenvalue weighted by Gasteiger charge is 2.02. The number of para-hydroxylation sites is 1.